The van der Waals surface area contributed by atoms with Crippen molar-refractivity contribution in [1.82, 2.24) is 0 Å². The summed E-state index contributed by atoms with van der Waals surface area (Å²) < 4.78 is 0. The molecule has 2 nitrogen and oxygen atoms in total. The second-order valence-electron chi connectivity index (χ2n) is 6.72. The van der Waals surface area contributed by atoms with Crippen molar-refractivity contribution >= 4 is 40.9 Å². The van der Waals surface area contributed by atoms with Crippen LogP contribution >= 0.6 is 23.2 Å². The van der Waals surface area contributed by atoms with Gasteiger partial charge in [0, 0.05) is 22.4 Å². The minimum absolute atomic E-state index is 0.213. The number of rotatable bonds is 5. The summed E-state index contributed by atoms with van der Waals surface area (Å²) in [6.45, 7) is 0. The molecule has 0 atom stereocenters. The van der Waals surface area contributed by atoms with Gasteiger partial charge in [-0.1, -0.05) is 89.9 Å². The Labute approximate surface area is 185 Å². The third-order valence-corrected chi connectivity index (χ3v) is 5.26. The fraction of sp³-hybridized carbons (Fsp3) is 0. The third kappa shape index (κ3) is 4.51. The molecule has 0 aliphatic heterocycles. The van der Waals surface area contributed by atoms with Gasteiger partial charge in [-0.2, -0.15) is 0 Å². The lowest BCUT2D eigenvalue weighted by Crippen LogP contribution is -2.02. The van der Waals surface area contributed by atoms with E-state index in [2.05, 4.69) is 17.1 Å². The number of benzene rings is 4. The zero-order chi connectivity index (χ0) is 20.9. The van der Waals surface area contributed by atoms with Crippen LogP contribution in [0, 0.1) is 0 Å². The Morgan fingerprint density at radius 2 is 1.37 bits per heavy atom. The van der Waals surface area contributed by atoms with Crippen LogP contribution < -0.4 is 0 Å². The maximum absolute atomic E-state index is 13.0. The molecule has 0 saturated heterocycles. The van der Waals surface area contributed by atoms with Crippen LogP contribution in [0.1, 0.15) is 21.5 Å². The van der Waals surface area contributed by atoms with E-state index in [-0.39, 0.29) is 5.78 Å². The van der Waals surface area contributed by atoms with E-state index in [1.807, 2.05) is 42.5 Å². The maximum Gasteiger partial charge on any atom is 0.196 e. The maximum atomic E-state index is 13.0. The lowest BCUT2D eigenvalue weighted by Gasteiger charge is -2.07. The number of nitrogens with zero attached hydrogens (tertiary/aromatic N) is 1. The SMILES string of the molecule is O=C(c1ccccc1Cl)c1cc(Cl)ccc1N=Cc1ccc(-c2ccccc2)cc1. The van der Waals surface area contributed by atoms with Crippen LogP contribution in [0.4, 0.5) is 5.69 Å². The number of carbonyl (C=O) groups excluding carboxylic acids is 1. The summed E-state index contributed by atoms with van der Waals surface area (Å²) in [6, 6.07) is 30.3. The van der Waals surface area contributed by atoms with Crippen LogP contribution in [-0.4, -0.2) is 12.0 Å². The first kappa shape index (κ1) is 20.1. The molecule has 0 bridgehead atoms. The van der Waals surface area contributed by atoms with Gasteiger partial charge >= 0.3 is 0 Å². The number of aliphatic imine (C=N–C) groups is 1. The van der Waals surface area contributed by atoms with Gasteiger partial charge in [0.05, 0.1) is 10.7 Å². The van der Waals surface area contributed by atoms with Crippen LogP contribution in [0.5, 0.6) is 0 Å². The predicted molar refractivity (Wildman–Crippen MR) is 125 cm³/mol. The van der Waals surface area contributed by atoms with E-state index in [9.17, 15) is 4.79 Å². The van der Waals surface area contributed by atoms with Crippen molar-refractivity contribution in [3.05, 3.63) is 124 Å². The van der Waals surface area contributed by atoms with Crippen LogP contribution in [0.2, 0.25) is 10.0 Å². The van der Waals surface area contributed by atoms with Crippen molar-refractivity contribution in [2.45, 2.75) is 0 Å². The molecule has 4 aromatic carbocycles. The second kappa shape index (κ2) is 9.08. The molecule has 4 aromatic rings. The molecule has 0 unspecified atom stereocenters. The lowest BCUT2D eigenvalue weighted by molar-refractivity contribution is 0.103. The standard InChI is InChI=1S/C26H17Cl2NO/c27-21-14-15-25(23(16-21)26(30)22-8-4-5-9-24(22)28)29-17-18-10-12-20(13-11-18)19-6-2-1-3-7-19/h1-17H. The van der Waals surface area contributed by atoms with E-state index in [0.29, 0.717) is 26.9 Å². The average Bonchev–Trinajstić information content (AvgIpc) is 2.79. The van der Waals surface area contributed by atoms with Crippen molar-refractivity contribution in [2.24, 2.45) is 4.99 Å². The minimum Gasteiger partial charge on any atom is -0.288 e. The average molecular weight is 430 g/mol. The van der Waals surface area contributed by atoms with Gasteiger partial charge in [0.2, 0.25) is 0 Å². The fourth-order valence-electron chi connectivity index (χ4n) is 3.13. The van der Waals surface area contributed by atoms with Crippen LogP contribution in [0.25, 0.3) is 11.1 Å². The molecule has 146 valence electrons. The van der Waals surface area contributed by atoms with Crippen molar-refractivity contribution < 1.29 is 4.79 Å². The van der Waals surface area contributed by atoms with E-state index in [1.54, 1.807) is 48.7 Å². The number of halogens is 2. The van der Waals surface area contributed by atoms with E-state index in [4.69, 9.17) is 23.2 Å². The molecule has 0 aliphatic rings. The van der Waals surface area contributed by atoms with Gasteiger partial charge in [0.15, 0.2) is 5.78 Å². The molecule has 0 aliphatic carbocycles. The van der Waals surface area contributed by atoms with Gasteiger partial charge in [-0.05, 0) is 47.0 Å². The summed E-state index contributed by atoms with van der Waals surface area (Å²) in [5.74, 6) is -0.213. The lowest BCUT2D eigenvalue weighted by atomic mass is 10.0. The molecule has 30 heavy (non-hydrogen) atoms. The summed E-state index contributed by atoms with van der Waals surface area (Å²) in [6.07, 6.45) is 1.74. The van der Waals surface area contributed by atoms with Crippen molar-refractivity contribution in [2.75, 3.05) is 0 Å². The van der Waals surface area contributed by atoms with Crippen molar-refractivity contribution in [3.8, 4) is 11.1 Å². The number of hydrogen-bond donors (Lipinski definition) is 0. The van der Waals surface area contributed by atoms with Gasteiger partial charge < -0.3 is 0 Å². The van der Waals surface area contributed by atoms with Crippen LogP contribution in [0.15, 0.2) is 102 Å². The molecule has 0 heterocycles. The van der Waals surface area contributed by atoms with Gasteiger partial charge in [0.1, 0.15) is 0 Å². The molecular weight excluding hydrogens is 413 g/mol. The number of ketones is 1. The molecule has 0 aromatic heterocycles. The van der Waals surface area contributed by atoms with Gasteiger partial charge in [-0.3, -0.25) is 9.79 Å². The molecule has 0 N–H and O–H groups in total. The second-order valence-corrected chi connectivity index (χ2v) is 7.56. The Hall–Kier alpha value is -3.20. The van der Waals surface area contributed by atoms with E-state index < -0.39 is 0 Å². The zero-order valence-electron chi connectivity index (χ0n) is 15.9. The highest BCUT2D eigenvalue weighted by Crippen LogP contribution is 2.28. The van der Waals surface area contributed by atoms with Crippen molar-refractivity contribution in [1.29, 1.82) is 0 Å². The Morgan fingerprint density at radius 1 is 0.700 bits per heavy atom. The topological polar surface area (TPSA) is 29.4 Å². The highest BCUT2D eigenvalue weighted by atomic mass is 35.5. The van der Waals surface area contributed by atoms with Crippen LogP contribution in [0.3, 0.4) is 0 Å². The molecule has 4 heteroatoms. The Kier molecular flexibility index (Phi) is 6.08. The molecule has 0 spiro atoms. The summed E-state index contributed by atoms with van der Waals surface area (Å²) in [7, 11) is 0. The Balaban J connectivity index is 1.63. The summed E-state index contributed by atoms with van der Waals surface area (Å²) in [4.78, 5) is 17.6. The molecule has 4 rings (SSSR count). The third-order valence-electron chi connectivity index (χ3n) is 4.69. The Bertz CT molecular complexity index is 1220. The molecule has 0 radical (unpaired) electrons. The highest BCUT2D eigenvalue weighted by molar-refractivity contribution is 6.35. The molecular formula is C26H17Cl2NO. The number of hydrogen-bond acceptors (Lipinski definition) is 2. The molecule has 0 saturated carbocycles. The first-order valence-corrected chi connectivity index (χ1v) is 10.2. The largest absolute Gasteiger partial charge is 0.288 e. The van der Waals surface area contributed by atoms with Crippen molar-refractivity contribution in [3.63, 3.8) is 0 Å². The van der Waals surface area contributed by atoms with E-state index in [0.717, 1.165) is 16.7 Å². The predicted octanol–water partition coefficient (Wildman–Crippen LogP) is 7.64. The summed E-state index contributed by atoms with van der Waals surface area (Å²) >= 11 is 12.4. The summed E-state index contributed by atoms with van der Waals surface area (Å²) in [5.41, 5.74) is 4.59. The highest BCUT2D eigenvalue weighted by Gasteiger charge is 2.16. The Morgan fingerprint density at radius 3 is 2.10 bits per heavy atom. The van der Waals surface area contributed by atoms with Gasteiger partial charge in [-0.15, -0.1) is 0 Å². The molecule has 0 fully saturated rings. The summed E-state index contributed by atoms with van der Waals surface area (Å²) in [5, 5.41) is 0.866. The van der Waals surface area contributed by atoms with Crippen LogP contribution in [-0.2, 0) is 0 Å². The number of carbonyl (C=O) groups is 1. The van der Waals surface area contributed by atoms with Gasteiger partial charge in [-0.25, -0.2) is 0 Å². The fourth-order valence-corrected chi connectivity index (χ4v) is 3.52. The van der Waals surface area contributed by atoms with E-state index >= 15 is 0 Å². The van der Waals surface area contributed by atoms with E-state index in [1.165, 1.54) is 0 Å². The minimum atomic E-state index is -0.213. The smallest absolute Gasteiger partial charge is 0.196 e. The normalized spacial score (nSPS) is 11.0. The van der Waals surface area contributed by atoms with Gasteiger partial charge in [0.25, 0.3) is 0 Å². The first-order chi connectivity index (χ1) is 14.6. The zero-order valence-corrected chi connectivity index (χ0v) is 17.4. The first-order valence-electron chi connectivity index (χ1n) is 9.40. The molecule has 0 amide bonds. The quantitative estimate of drug-likeness (QED) is 0.236. The monoisotopic (exact) mass is 429 g/mol.